The van der Waals surface area contributed by atoms with Crippen LogP contribution in [0, 0.1) is 17.8 Å². The molecule has 28 heavy (non-hydrogen) atoms. The van der Waals surface area contributed by atoms with E-state index in [1.807, 2.05) is 50.3 Å². The molecule has 6 heteroatoms. The van der Waals surface area contributed by atoms with E-state index in [4.69, 9.17) is 4.74 Å². The number of amides is 3. The van der Waals surface area contributed by atoms with Gasteiger partial charge in [0.15, 0.2) is 0 Å². The molecule has 1 saturated heterocycles. The highest BCUT2D eigenvalue weighted by Crippen LogP contribution is 2.37. The molecule has 0 unspecified atom stereocenters. The Bertz CT molecular complexity index is 806. The summed E-state index contributed by atoms with van der Waals surface area (Å²) in [6.45, 7) is 4.35. The van der Waals surface area contributed by atoms with E-state index < -0.39 is 6.04 Å². The summed E-state index contributed by atoms with van der Waals surface area (Å²) in [5.74, 6) is -0.410. The van der Waals surface area contributed by atoms with Gasteiger partial charge in [0.1, 0.15) is 18.4 Å². The fourth-order valence-corrected chi connectivity index (χ4v) is 4.46. The lowest BCUT2D eigenvalue weighted by atomic mass is 9.85. The van der Waals surface area contributed by atoms with Crippen LogP contribution in [-0.2, 0) is 14.4 Å². The first-order valence-corrected chi connectivity index (χ1v) is 10.0. The van der Waals surface area contributed by atoms with Crippen molar-refractivity contribution in [2.75, 3.05) is 6.61 Å². The van der Waals surface area contributed by atoms with Gasteiger partial charge in [0.2, 0.25) is 17.7 Å². The van der Waals surface area contributed by atoms with Crippen molar-refractivity contribution in [2.24, 2.45) is 17.8 Å². The third-order valence-corrected chi connectivity index (χ3v) is 5.87. The summed E-state index contributed by atoms with van der Waals surface area (Å²) in [5.41, 5.74) is 0.927. The van der Waals surface area contributed by atoms with Crippen LogP contribution < -0.4 is 10.1 Å². The Morgan fingerprint density at radius 2 is 1.79 bits per heavy atom. The number of allylic oxidation sites excluding steroid dienone is 2. The second kappa shape index (κ2) is 7.41. The average Bonchev–Trinajstić information content (AvgIpc) is 3.20. The monoisotopic (exact) mass is 382 g/mol. The predicted molar refractivity (Wildman–Crippen MR) is 103 cm³/mol. The molecule has 148 valence electrons. The van der Waals surface area contributed by atoms with Crippen molar-refractivity contribution >= 4 is 17.7 Å². The Kier molecular flexibility index (Phi) is 4.96. The van der Waals surface area contributed by atoms with Gasteiger partial charge in [-0.05, 0) is 31.2 Å². The summed E-state index contributed by atoms with van der Waals surface area (Å²) >= 11 is 0. The van der Waals surface area contributed by atoms with E-state index in [1.165, 1.54) is 4.90 Å². The molecule has 1 aromatic rings. The number of ether oxygens (including phenoxy) is 1. The van der Waals surface area contributed by atoms with E-state index in [2.05, 4.69) is 5.32 Å². The molecular weight excluding hydrogens is 356 g/mol. The molecule has 0 spiro atoms. The lowest BCUT2D eigenvalue weighted by molar-refractivity contribution is -0.148. The van der Waals surface area contributed by atoms with Gasteiger partial charge in [-0.2, -0.15) is 0 Å². The maximum atomic E-state index is 13.2. The number of carbonyl (C=O) groups is 3. The Balaban J connectivity index is 1.56. The molecule has 1 aromatic carbocycles. The van der Waals surface area contributed by atoms with Gasteiger partial charge >= 0.3 is 0 Å². The van der Waals surface area contributed by atoms with Gasteiger partial charge < -0.3 is 10.1 Å². The van der Waals surface area contributed by atoms with E-state index in [9.17, 15) is 14.4 Å². The number of benzene rings is 1. The molecule has 0 aromatic heterocycles. The number of rotatable bonds is 5. The van der Waals surface area contributed by atoms with Gasteiger partial charge in [-0.25, -0.2) is 0 Å². The first-order valence-electron chi connectivity index (χ1n) is 10.0. The van der Waals surface area contributed by atoms with Crippen LogP contribution >= 0.6 is 0 Å². The third kappa shape index (κ3) is 3.21. The van der Waals surface area contributed by atoms with E-state index in [-0.39, 0.29) is 41.5 Å². The second-order valence-corrected chi connectivity index (χ2v) is 8.26. The van der Waals surface area contributed by atoms with Gasteiger partial charge in [0.05, 0.1) is 17.9 Å². The highest BCUT2D eigenvalue weighted by Gasteiger charge is 2.51. The standard InChI is InChI=1S/C22H26N2O4/c1-13(2)11-18(24-21(26)14-7-3-4-8-15(14)22(24)27)20(25)23-17-12-28-19-10-6-5-9-16(17)19/h3-6,9-10,13-15,17-18H,7-8,11-12H2,1-2H3,(H,23,25)/t14-,15+,17-,18+/m0/s1. The quantitative estimate of drug-likeness (QED) is 0.627. The molecule has 1 N–H and O–H groups in total. The molecule has 4 atom stereocenters. The highest BCUT2D eigenvalue weighted by atomic mass is 16.5. The molecule has 3 amide bonds. The lowest BCUT2D eigenvalue weighted by Gasteiger charge is -2.28. The van der Waals surface area contributed by atoms with E-state index in [0.717, 1.165) is 11.3 Å². The fraction of sp³-hybridized carbons (Fsp3) is 0.500. The molecule has 6 nitrogen and oxygen atoms in total. The fourth-order valence-electron chi connectivity index (χ4n) is 4.46. The number of para-hydroxylation sites is 1. The zero-order valence-corrected chi connectivity index (χ0v) is 16.3. The molecule has 1 aliphatic carbocycles. The van der Waals surface area contributed by atoms with Crippen molar-refractivity contribution < 1.29 is 19.1 Å². The summed E-state index contributed by atoms with van der Waals surface area (Å²) in [5, 5.41) is 3.01. The molecule has 0 bridgehead atoms. The largest absolute Gasteiger partial charge is 0.491 e. The zero-order chi connectivity index (χ0) is 19.8. The molecule has 3 aliphatic rings. The summed E-state index contributed by atoms with van der Waals surface area (Å²) in [6.07, 6.45) is 5.52. The Morgan fingerprint density at radius 1 is 1.14 bits per heavy atom. The third-order valence-electron chi connectivity index (χ3n) is 5.87. The maximum Gasteiger partial charge on any atom is 0.243 e. The molecule has 1 fully saturated rings. The normalized spacial score (nSPS) is 26.8. The summed E-state index contributed by atoms with van der Waals surface area (Å²) < 4.78 is 5.65. The summed E-state index contributed by atoms with van der Waals surface area (Å²) in [4.78, 5) is 40.4. The number of hydrogen-bond donors (Lipinski definition) is 1. The van der Waals surface area contributed by atoms with Crippen molar-refractivity contribution in [3.8, 4) is 5.75 Å². The average molecular weight is 382 g/mol. The topological polar surface area (TPSA) is 75.7 Å². The second-order valence-electron chi connectivity index (χ2n) is 8.26. The number of imide groups is 1. The highest BCUT2D eigenvalue weighted by molar-refractivity contribution is 6.08. The van der Waals surface area contributed by atoms with Gasteiger partial charge in [0.25, 0.3) is 0 Å². The number of nitrogens with one attached hydrogen (secondary N) is 1. The van der Waals surface area contributed by atoms with Crippen LogP contribution in [0.2, 0.25) is 0 Å². The number of hydrogen-bond acceptors (Lipinski definition) is 4. The molecule has 4 rings (SSSR count). The van der Waals surface area contributed by atoms with Crippen molar-refractivity contribution in [1.82, 2.24) is 10.2 Å². The van der Waals surface area contributed by atoms with Crippen LogP contribution in [-0.4, -0.2) is 35.3 Å². The number of carbonyl (C=O) groups excluding carboxylic acids is 3. The van der Waals surface area contributed by atoms with Crippen molar-refractivity contribution in [3.05, 3.63) is 42.0 Å². The predicted octanol–water partition coefficient (Wildman–Crippen LogP) is 2.60. The van der Waals surface area contributed by atoms with Crippen LogP contribution in [0.3, 0.4) is 0 Å². The van der Waals surface area contributed by atoms with Gasteiger partial charge in [-0.3, -0.25) is 19.3 Å². The van der Waals surface area contributed by atoms with Crippen LogP contribution in [0.25, 0.3) is 0 Å². The minimum atomic E-state index is -0.779. The smallest absolute Gasteiger partial charge is 0.243 e. The summed E-state index contributed by atoms with van der Waals surface area (Å²) in [6, 6.07) is 6.55. The van der Waals surface area contributed by atoms with E-state index in [0.29, 0.717) is 25.9 Å². The van der Waals surface area contributed by atoms with Gasteiger partial charge in [0, 0.05) is 5.56 Å². The first-order chi connectivity index (χ1) is 13.5. The Labute approximate surface area is 164 Å². The summed E-state index contributed by atoms with van der Waals surface area (Å²) in [7, 11) is 0. The SMILES string of the molecule is CC(C)C[C@H](C(=O)N[C@H]1COc2ccccc21)N1C(=O)[C@H]2CC=CC[C@H]2C1=O. The van der Waals surface area contributed by atoms with E-state index >= 15 is 0 Å². The van der Waals surface area contributed by atoms with Crippen molar-refractivity contribution in [1.29, 1.82) is 0 Å². The van der Waals surface area contributed by atoms with Crippen LogP contribution in [0.4, 0.5) is 0 Å². The van der Waals surface area contributed by atoms with Crippen molar-refractivity contribution in [3.63, 3.8) is 0 Å². The maximum absolute atomic E-state index is 13.2. The van der Waals surface area contributed by atoms with Crippen molar-refractivity contribution in [2.45, 2.75) is 45.2 Å². The Morgan fingerprint density at radius 3 is 2.43 bits per heavy atom. The number of nitrogens with zero attached hydrogens (tertiary/aromatic N) is 1. The minimum Gasteiger partial charge on any atom is -0.491 e. The van der Waals surface area contributed by atoms with Crippen LogP contribution in [0.15, 0.2) is 36.4 Å². The van der Waals surface area contributed by atoms with Gasteiger partial charge in [-0.1, -0.05) is 44.2 Å². The Hall–Kier alpha value is -2.63. The number of fused-ring (bicyclic) bond motifs is 2. The molecule has 0 radical (unpaired) electrons. The number of likely N-dealkylation sites (tertiary alicyclic amines) is 1. The lowest BCUT2D eigenvalue weighted by Crippen LogP contribution is -2.51. The zero-order valence-electron chi connectivity index (χ0n) is 16.3. The first kappa shape index (κ1) is 18.7. The molecule has 0 saturated carbocycles. The molecule has 2 aliphatic heterocycles. The van der Waals surface area contributed by atoms with Gasteiger partial charge in [-0.15, -0.1) is 0 Å². The molecule has 2 heterocycles. The van der Waals surface area contributed by atoms with Crippen LogP contribution in [0.1, 0.15) is 44.7 Å². The minimum absolute atomic E-state index is 0.171. The van der Waals surface area contributed by atoms with E-state index in [1.54, 1.807) is 0 Å². The van der Waals surface area contributed by atoms with Crippen LogP contribution in [0.5, 0.6) is 5.75 Å². The molecular formula is C22H26N2O4.